The van der Waals surface area contributed by atoms with Crippen LogP contribution in [-0.2, 0) is 54.4 Å². The molecule has 24 nitrogen and oxygen atoms in total. The summed E-state index contributed by atoms with van der Waals surface area (Å²) < 4.78 is 0. The molecule has 18 N–H and O–H groups in total. The summed E-state index contributed by atoms with van der Waals surface area (Å²) in [4.78, 5) is 138. The van der Waals surface area contributed by atoms with Gasteiger partial charge in [0.2, 0.25) is 59.1 Å². The highest BCUT2D eigenvalue weighted by atomic mass is 16.3. The Balaban J connectivity index is 2.69. The third-order valence-electron chi connectivity index (χ3n) is 12.3. The van der Waals surface area contributed by atoms with Gasteiger partial charge in [0.05, 0.1) is 18.9 Å². The Morgan fingerprint density at radius 3 is 1.56 bits per heavy atom. The van der Waals surface area contributed by atoms with Crippen molar-refractivity contribution in [1.82, 2.24) is 47.9 Å². The molecule has 1 aliphatic rings. The highest BCUT2D eigenvalue weighted by molar-refractivity contribution is 5.99. The van der Waals surface area contributed by atoms with Gasteiger partial charge in [-0.3, -0.25) is 47.9 Å². The quantitative estimate of drug-likeness (QED) is 0.0461. The molecular weight excluding hydrogens is 971 g/mol. The van der Waals surface area contributed by atoms with Crippen LogP contribution in [-0.4, -0.2) is 145 Å². The molecule has 0 unspecified atom stereocenters. The second kappa shape index (κ2) is 35.1. The van der Waals surface area contributed by atoms with Crippen molar-refractivity contribution in [2.45, 2.75) is 185 Å². The van der Waals surface area contributed by atoms with Crippen LogP contribution in [0.2, 0.25) is 0 Å². The smallest absolute Gasteiger partial charge is 0.243 e. The lowest BCUT2D eigenvalue weighted by atomic mass is 10.00. The van der Waals surface area contributed by atoms with E-state index in [-0.39, 0.29) is 89.4 Å². The number of amides is 10. The van der Waals surface area contributed by atoms with Gasteiger partial charge in [-0.15, -0.1) is 0 Å². The number of unbranched alkanes of at least 4 members (excludes halogenated alkanes) is 4. The molecule has 0 radical (unpaired) electrons. The normalized spacial score (nSPS) is 22.8. The lowest BCUT2D eigenvalue weighted by Gasteiger charge is -2.28. The summed E-state index contributed by atoms with van der Waals surface area (Å²) in [5, 5.41) is 34.2. The van der Waals surface area contributed by atoms with E-state index in [0.717, 1.165) is 25.7 Å². The van der Waals surface area contributed by atoms with Gasteiger partial charge in [0, 0.05) is 13.0 Å². The maximum absolute atomic E-state index is 14.3. The first-order valence-electron chi connectivity index (χ1n) is 26.4. The standard InChI is InChI=1S/C51H87N13O11/c1-6-7-8-9-13-16-33(65)28-43(67)57-41(29-42(55)66)51(75)61-37-20-24-56-44(68)38(25-30(2)3)62-46(70)35(18-22-53)58-45(69)34(17-21-52)60-50(74)40(27-32-14-11-10-12-15-32)64-49(73)39(26-31(4)5)63-47(71)36(19-23-54)59-48(37)72/h10-12,14-15,30-31,33-41,65H,6-9,13,16-29,52-54H2,1-5H3,(H2,55,66)(H,56,68)(H,57,67)(H,58,69)(H,59,72)(H,60,74)(H,61,75)(H,62,70)(H,63,71)(H,64,73)/t33-,34+,35+,36+,37+,38+,39-,40+,41-/m1/s1. The first-order valence-corrected chi connectivity index (χ1v) is 26.4. The minimum Gasteiger partial charge on any atom is -0.393 e. The van der Waals surface area contributed by atoms with Gasteiger partial charge in [0.15, 0.2) is 0 Å². The van der Waals surface area contributed by atoms with Crippen LogP contribution in [0.5, 0.6) is 0 Å². The molecule has 0 aliphatic carbocycles. The number of aliphatic hydroxyl groups is 1. The molecule has 0 spiro atoms. The van der Waals surface area contributed by atoms with Crippen molar-refractivity contribution in [2.24, 2.45) is 34.8 Å². The van der Waals surface area contributed by atoms with Crippen LogP contribution in [0.15, 0.2) is 30.3 Å². The zero-order chi connectivity index (χ0) is 56.0. The number of nitrogens with one attached hydrogen (secondary N) is 9. The minimum absolute atomic E-state index is 0.0562. The van der Waals surface area contributed by atoms with Crippen molar-refractivity contribution in [3.63, 3.8) is 0 Å². The number of benzene rings is 1. The molecule has 10 amide bonds. The fourth-order valence-electron chi connectivity index (χ4n) is 8.37. The van der Waals surface area contributed by atoms with E-state index >= 15 is 0 Å². The van der Waals surface area contributed by atoms with Gasteiger partial charge in [-0.1, -0.05) is 97.1 Å². The molecule has 0 saturated carbocycles. The predicted molar refractivity (Wildman–Crippen MR) is 281 cm³/mol. The third kappa shape index (κ3) is 25.2. The molecule has 1 aromatic rings. The van der Waals surface area contributed by atoms with Crippen molar-refractivity contribution < 1.29 is 53.1 Å². The first-order chi connectivity index (χ1) is 35.6. The Bertz CT molecular complexity index is 2010. The highest BCUT2D eigenvalue weighted by Crippen LogP contribution is 2.13. The van der Waals surface area contributed by atoms with Gasteiger partial charge < -0.3 is 75.9 Å². The third-order valence-corrected chi connectivity index (χ3v) is 12.3. The summed E-state index contributed by atoms with van der Waals surface area (Å²) in [5.74, 6) is -8.77. The number of hydrogen-bond acceptors (Lipinski definition) is 14. The van der Waals surface area contributed by atoms with Crippen LogP contribution < -0.4 is 70.8 Å². The van der Waals surface area contributed by atoms with E-state index in [2.05, 4.69) is 54.8 Å². The summed E-state index contributed by atoms with van der Waals surface area (Å²) in [5.41, 5.74) is 23.8. The van der Waals surface area contributed by atoms with Crippen LogP contribution in [0.1, 0.15) is 130 Å². The Labute approximate surface area is 441 Å². The predicted octanol–water partition coefficient (Wildman–Crippen LogP) is -2.25. The van der Waals surface area contributed by atoms with Crippen molar-refractivity contribution in [3.8, 4) is 0 Å². The second-order valence-electron chi connectivity index (χ2n) is 20.0. The summed E-state index contributed by atoms with van der Waals surface area (Å²) in [6.45, 7) is 8.68. The van der Waals surface area contributed by atoms with Crippen LogP contribution in [0.3, 0.4) is 0 Å². The summed E-state index contributed by atoms with van der Waals surface area (Å²) >= 11 is 0. The van der Waals surface area contributed by atoms with Crippen molar-refractivity contribution in [1.29, 1.82) is 0 Å². The summed E-state index contributed by atoms with van der Waals surface area (Å²) in [7, 11) is 0. The first kappa shape index (κ1) is 64.9. The van der Waals surface area contributed by atoms with E-state index < -0.39 is 120 Å². The van der Waals surface area contributed by atoms with E-state index in [9.17, 15) is 53.1 Å². The maximum Gasteiger partial charge on any atom is 0.243 e. The van der Waals surface area contributed by atoms with Crippen LogP contribution >= 0.6 is 0 Å². The van der Waals surface area contributed by atoms with Gasteiger partial charge in [0.25, 0.3) is 0 Å². The maximum atomic E-state index is 14.3. The van der Waals surface area contributed by atoms with E-state index in [1.54, 1.807) is 44.2 Å². The monoisotopic (exact) mass is 1060 g/mol. The lowest BCUT2D eigenvalue weighted by Crippen LogP contribution is -2.61. The molecule has 1 aromatic carbocycles. The second-order valence-corrected chi connectivity index (χ2v) is 20.0. The Morgan fingerprint density at radius 1 is 0.613 bits per heavy atom. The molecule has 422 valence electrons. The Morgan fingerprint density at radius 2 is 1.07 bits per heavy atom. The van der Waals surface area contributed by atoms with Crippen molar-refractivity contribution >= 4 is 59.1 Å². The average molecular weight is 1060 g/mol. The van der Waals surface area contributed by atoms with E-state index in [1.807, 2.05) is 13.8 Å². The molecule has 1 fully saturated rings. The number of carbonyl (C=O) groups is 10. The van der Waals surface area contributed by atoms with Gasteiger partial charge in [-0.2, -0.15) is 0 Å². The molecule has 0 bridgehead atoms. The van der Waals surface area contributed by atoms with Crippen molar-refractivity contribution in [3.05, 3.63) is 35.9 Å². The molecule has 1 aliphatic heterocycles. The van der Waals surface area contributed by atoms with Crippen LogP contribution in [0, 0.1) is 11.8 Å². The van der Waals surface area contributed by atoms with Crippen LogP contribution in [0.25, 0.3) is 0 Å². The molecule has 75 heavy (non-hydrogen) atoms. The topological polar surface area (TPSA) is 403 Å². The molecular formula is C51H87N13O11. The van der Waals surface area contributed by atoms with Gasteiger partial charge in [-0.05, 0) is 82.0 Å². The van der Waals surface area contributed by atoms with E-state index in [0.29, 0.717) is 18.4 Å². The number of aliphatic hydroxyl groups excluding tert-OH is 1. The Kier molecular flexibility index (Phi) is 30.4. The molecule has 0 aromatic heterocycles. The fraction of sp³-hybridized carbons (Fsp3) is 0.686. The zero-order valence-electron chi connectivity index (χ0n) is 44.5. The van der Waals surface area contributed by atoms with Crippen molar-refractivity contribution in [2.75, 3.05) is 26.2 Å². The Hall–Kier alpha value is -6.24. The molecule has 1 heterocycles. The largest absolute Gasteiger partial charge is 0.393 e. The molecule has 9 atom stereocenters. The highest BCUT2D eigenvalue weighted by Gasteiger charge is 2.36. The number of rotatable bonds is 25. The number of primary amides is 1. The van der Waals surface area contributed by atoms with E-state index in [1.165, 1.54) is 0 Å². The number of carbonyl (C=O) groups excluding carboxylic acids is 10. The number of hydrogen-bond donors (Lipinski definition) is 14. The minimum atomic E-state index is -1.61. The van der Waals surface area contributed by atoms with Gasteiger partial charge in [0.1, 0.15) is 48.3 Å². The molecule has 2 rings (SSSR count). The molecule has 24 heteroatoms. The molecule has 1 saturated heterocycles. The zero-order valence-corrected chi connectivity index (χ0v) is 44.5. The fourth-order valence-corrected chi connectivity index (χ4v) is 8.37. The van der Waals surface area contributed by atoms with Gasteiger partial charge >= 0.3 is 0 Å². The number of nitrogens with two attached hydrogens (primary N) is 4. The summed E-state index contributed by atoms with van der Waals surface area (Å²) in [6, 6.07) is -2.30. The van der Waals surface area contributed by atoms with Gasteiger partial charge in [-0.25, -0.2) is 0 Å². The van der Waals surface area contributed by atoms with E-state index in [4.69, 9.17) is 22.9 Å². The lowest BCUT2D eigenvalue weighted by molar-refractivity contribution is -0.136. The summed E-state index contributed by atoms with van der Waals surface area (Å²) in [6.07, 6.45) is 2.20. The average Bonchev–Trinajstić information content (AvgIpc) is 3.34. The SMILES string of the molecule is CCCCCCC[C@@H](O)CC(=O)N[C@H](CC(N)=O)C(=O)N[C@H]1CCNC(=O)[C@H](CC(C)C)NC(=O)[C@H](CCN)NC(=O)[C@H](CCN)NC(=O)[C@H](Cc2ccccc2)NC(=O)[C@@H](CC(C)C)NC(=O)[C@H](CCN)NC1=O. The van der Waals surface area contributed by atoms with Crippen LogP contribution in [0.4, 0.5) is 0 Å².